The summed E-state index contributed by atoms with van der Waals surface area (Å²) in [7, 11) is 6.44. The van der Waals surface area contributed by atoms with Crippen molar-refractivity contribution in [2.45, 2.75) is 44.8 Å². The average Bonchev–Trinajstić information content (AvgIpc) is 3.01. The number of rotatable bonds is 7. The molecule has 0 saturated carbocycles. The van der Waals surface area contributed by atoms with Crippen molar-refractivity contribution in [1.29, 1.82) is 0 Å². The minimum absolute atomic E-state index is 0.405. The molecule has 5 heteroatoms. The first-order chi connectivity index (χ1) is 11.6. The highest BCUT2D eigenvalue weighted by Crippen LogP contribution is 2.32. The molecule has 0 fully saturated rings. The molecule has 0 aromatic carbocycles. The van der Waals surface area contributed by atoms with Gasteiger partial charge in [-0.05, 0) is 65.0 Å². The fraction of sp³-hybridized carbons (Fsp3) is 0.579. The van der Waals surface area contributed by atoms with Crippen LogP contribution in [-0.2, 0) is 19.5 Å². The molecule has 0 amide bonds. The summed E-state index contributed by atoms with van der Waals surface area (Å²) in [5.41, 5.74) is 2.67. The first kappa shape index (κ1) is 17.1. The molecule has 0 radical (unpaired) electrons. The number of pyridine rings is 1. The van der Waals surface area contributed by atoms with Gasteiger partial charge in [-0.3, -0.25) is 9.88 Å². The lowest BCUT2D eigenvalue weighted by Crippen LogP contribution is -2.29. The Balaban J connectivity index is 1.66. The van der Waals surface area contributed by atoms with Crippen LogP contribution in [0.4, 0.5) is 0 Å². The normalized spacial score (nSPS) is 17.5. The zero-order chi connectivity index (χ0) is 16.9. The highest BCUT2D eigenvalue weighted by atomic mass is 15.2. The maximum Gasteiger partial charge on any atom is 0.122 e. The molecular weight excluding hydrogens is 298 g/mol. The van der Waals surface area contributed by atoms with Crippen molar-refractivity contribution in [3.63, 3.8) is 0 Å². The monoisotopic (exact) mass is 327 g/mol. The molecule has 1 unspecified atom stereocenters. The largest absolute Gasteiger partial charge is 0.334 e. The number of imidazole rings is 1. The lowest BCUT2D eigenvalue weighted by Gasteiger charge is -2.32. The summed E-state index contributed by atoms with van der Waals surface area (Å²) in [6, 6.07) is 4.69. The highest BCUT2D eigenvalue weighted by molar-refractivity contribution is 5.25. The Morgan fingerprint density at radius 1 is 1.21 bits per heavy atom. The molecule has 0 spiro atoms. The summed E-state index contributed by atoms with van der Waals surface area (Å²) in [4.78, 5) is 13.9. The van der Waals surface area contributed by atoms with Crippen molar-refractivity contribution in [2.75, 3.05) is 27.7 Å². The van der Waals surface area contributed by atoms with Gasteiger partial charge in [0, 0.05) is 25.1 Å². The third-order valence-electron chi connectivity index (χ3n) is 4.89. The summed E-state index contributed by atoms with van der Waals surface area (Å²) in [5.74, 6) is 1.15. The SMILES string of the molecule is CN(C)CCCn1ccnc1CN(C)C1CCCc2cccnc21. The van der Waals surface area contributed by atoms with E-state index in [2.05, 4.69) is 63.8 Å². The average molecular weight is 327 g/mol. The molecule has 0 aliphatic heterocycles. The molecule has 3 rings (SSSR count). The minimum Gasteiger partial charge on any atom is -0.334 e. The molecule has 1 aliphatic rings. The van der Waals surface area contributed by atoms with E-state index < -0.39 is 0 Å². The van der Waals surface area contributed by atoms with E-state index in [9.17, 15) is 0 Å². The van der Waals surface area contributed by atoms with E-state index in [1.165, 1.54) is 24.1 Å². The number of aryl methyl sites for hydroxylation is 2. The first-order valence-electron chi connectivity index (χ1n) is 8.94. The van der Waals surface area contributed by atoms with Gasteiger partial charge in [0.1, 0.15) is 5.82 Å². The van der Waals surface area contributed by atoms with Gasteiger partial charge in [0.25, 0.3) is 0 Å². The summed E-state index contributed by atoms with van der Waals surface area (Å²) < 4.78 is 2.29. The van der Waals surface area contributed by atoms with Gasteiger partial charge in [0.2, 0.25) is 0 Å². The van der Waals surface area contributed by atoms with E-state index in [0.29, 0.717) is 6.04 Å². The summed E-state index contributed by atoms with van der Waals surface area (Å²) >= 11 is 0. The zero-order valence-electron chi connectivity index (χ0n) is 15.1. The topological polar surface area (TPSA) is 37.2 Å². The molecule has 24 heavy (non-hydrogen) atoms. The van der Waals surface area contributed by atoms with Crippen LogP contribution in [0, 0.1) is 0 Å². The maximum absolute atomic E-state index is 4.67. The van der Waals surface area contributed by atoms with E-state index in [1.54, 1.807) is 0 Å². The third-order valence-corrected chi connectivity index (χ3v) is 4.89. The van der Waals surface area contributed by atoms with Crippen molar-refractivity contribution in [1.82, 2.24) is 24.3 Å². The number of nitrogens with zero attached hydrogens (tertiary/aromatic N) is 5. The Bertz CT molecular complexity index is 649. The molecule has 130 valence electrons. The number of hydrogen-bond donors (Lipinski definition) is 0. The summed E-state index contributed by atoms with van der Waals surface area (Å²) in [5, 5.41) is 0. The molecule has 1 atom stereocenters. The lowest BCUT2D eigenvalue weighted by molar-refractivity contribution is 0.201. The smallest absolute Gasteiger partial charge is 0.122 e. The van der Waals surface area contributed by atoms with Gasteiger partial charge in [-0.25, -0.2) is 4.98 Å². The van der Waals surface area contributed by atoms with Crippen LogP contribution in [-0.4, -0.2) is 52.0 Å². The number of fused-ring (bicyclic) bond motifs is 1. The van der Waals surface area contributed by atoms with Crippen molar-refractivity contribution in [2.24, 2.45) is 0 Å². The minimum atomic E-state index is 0.405. The standard InChI is InChI=1S/C19H29N5/c1-22(2)12-6-13-24-14-11-20-18(24)15-23(3)17-9-4-7-16-8-5-10-21-19(16)17/h5,8,10-11,14,17H,4,6-7,9,12-13,15H2,1-3H3. The van der Waals surface area contributed by atoms with E-state index in [0.717, 1.165) is 38.3 Å². The fourth-order valence-electron chi connectivity index (χ4n) is 3.60. The molecular formula is C19H29N5. The Morgan fingerprint density at radius 3 is 2.92 bits per heavy atom. The summed E-state index contributed by atoms with van der Waals surface area (Å²) in [6.07, 6.45) is 10.7. The second-order valence-electron chi connectivity index (χ2n) is 7.06. The molecule has 0 bridgehead atoms. The van der Waals surface area contributed by atoms with E-state index in [4.69, 9.17) is 0 Å². The van der Waals surface area contributed by atoms with Crippen molar-refractivity contribution < 1.29 is 0 Å². The van der Waals surface area contributed by atoms with Crippen LogP contribution < -0.4 is 0 Å². The predicted molar refractivity (Wildman–Crippen MR) is 96.8 cm³/mol. The Hall–Kier alpha value is -1.72. The fourth-order valence-corrected chi connectivity index (χ4v) is 3.60. The Morgan fingerprint density at radius 2 is 2.08 bits per heavy atom. The van der Waals surface area contributed by atoms with E-state index in [-0.39, 0.29) is 0 Å². The van der Waals surface area contributed by atoms with Gasteiger partial charge in [0.05, 0.1) is 18.3 Å². The van der Waals surface area contributed by atoms with Crippen LogP contribution >= 0.6 is 0 Å². The molecule has 2 aromatic heterocycles. The van der Waals surface area contributed by atoms with Gasteiger partial charge in [-0.15, -0.1) is 0 Å². The van der Waals surface area contributed by atoms with Gasteiger partial charge in [-0.1, -0.05) is 6.07 Å². The van der Waals surface area contributed by atoms with Gasteiger partial charge in [-0.2, -0.15) is 0 Å². The van der Waals surface area contributed by atoms with Crippen LogP contribution in [0.25, 0.3) is 0 Å². The molecule has 2 heterocycles. The van der Waals surface area contributed by atoms with Crippen molar-refractivity contribution >= 4 is 0 Å². The molecule has 0 saturated heterocycles. The maximum atomic E-state index is 4.67. The lowest BCUT2D eigenvalue weighted by atomic mass is 9.91. The van der Waals surface area contributed by atoms with Crippen LogP contribution in [0.15, 0.2) is 30.7 Å². The number of aromatic nitrogens is 3. The molecule has 5 nitrogen and oxygen atoms in total. The van der Waals surface area contributed by atoms with Crippen molar-refractivity contribution in [3.8, 4) is 0 Å². The van der Waals surface area contributed by atoms with Crippen molar-refractivity contribution in [3.05, 3.63) is 47.8 Å². The highest BCUT2D eigenvalue weighted by Gasteiger charge is 2.25. The molecule has 0 N–H and O–H groups in total. The quantitative estimate of drug-likeness (QED) is 0.784. The van der Waals surface area contributed by atoms with Gasteiger partial charge < -0.3 is 9.47 Å². The van der Waals surface area contributed by atoms with E-state index >= 15 is 0 Å². The zero-order valence-corrected chi connectivity index (χ0v) is 15.1. The van der Waals surface area contributed by atoms with Crippen LogP contribution in [0.2, 0.25) is 0 Å². The number of hydrogen-bond acceptors (Lipinski definition) is 4. The van der Waals surface area contributed by atoms with Crippen LogP contribution in [0.1, 0.15) is 42.4 Å². The Labute approximate surface area is 145 Å². The van der Waals surface area contributed by atoms with E-state index in [1.807, 2.05) is 12.4 Å². The van der Waals surface area contributed by atoms with Gasteiger partial charge >= 0.3 is 0 Å². The van der Waals surface area contributed by atoms with Crippen LogP contribution in [0.5, 0.6) is 0 Å². The predicted octanol–water partition coefficient (Wildman–Crippen LogP) is 2.74. The second kappa shape index (κ2) is 7.90. The molecule has 1 aliphatic carbocycles. The molecule has 2 aromatic rings. The Kier molecular flexibility index (Phi) is 5.63. The first-order valence-corrected chi connectivity index (χ1v) is 8.94. The van der Waals surface area contributed by atoms with Gasteiger partial charge in [0.15, 0.2) is 0 Å². The second-order valence-corrected chi connectivity index (χ2v) is 7.06. The van der Waals surface area contributed by atoms with Crippen LogP contribution in [0.3, 0.4) is 0 Å². The summed E-state index contributed by atoms with van der Waals surface area (Å²) in [6.45, 7) is 3.00. The third kappa shape index (κ3) is 4.02.